The summed E-state index contributed by atoms with van der Waals surface area (Å²) in [6, 6.07) is 2.89. The number of carbonyl (C=O) groups excluding carboxylic acids is 1. The number of rotatable bonds is 5. The molecule has 0 radical (unpaired) electrons. The zero-order valence-electron chi connectivity index (χ0n) is 15.7. The Morgan fingerprint density at radius 2 is 1.77 bits per heavy atom. The highest BCUT2D eigenvalue weighted by molar-refractivity contribution is 7.90. The van der Waals surface area contributed by atoms with Crippen LogP contribution in [0.25, 0.3) is 0 Å². The molecule has 146 valence electrons. The van der Waals surface area contributed by atoms with Crippen molar-refractivity contribution in [3.8, 4) is 0 Å². The molecule has 1 saturated heterocycles. The van der Waals surface area contributed by atoms with Crippen LogP contribution in [0.15, 0.2) is 12.1 Å². The van der Waals surface area contributed by atoms with Gasteiger partial charge < -0.3 is 10.6 Å². The minimum Gasteiger partial charge on any atom is -0.315 e. The van der Waals surface area contributed by atoms with Gasteiger partial charge in [-0.1, -0.05) is 39.3 Å². The van der Waals surface area contributed by atoms with Crippen molar-refractivity contribution in [2.45, 2.75) is 57.6 Å². The topological polar surface area (TPSA) is 87.3 Å². The maximum absolute atomic E-state index is 12.5. The molecule has 8 heteroatoms. The van der Waals surface area contributed by atoms with Crippen molar-refractivity contribution in [3.05, 3.63) is 28.3 Å². The van der Waals surface area contributed by atoms with E-state index in [1.165, 1.54) is 0 Å². The summed E-state index contributed by atoms with van der Waals surface area (Å²) in [5.74, 6) is 0.251. The summed E-state index contributed by atoms with van der Waals surface area (Å²) < 4.78 is 27.1. The van der Waals surface area contributed by atoms with Crippen molar-refractivity contribution < 1.29 is 13.2 Å². The van der Waals surface area contributed by atoms with Crippen LogP contribution in [0.1, 0.15) is 63.5 Å². The Morgan fingerprint density at radius 3 is 2.23 bits per heavy atom. The summed E-state index contributed by atoms with van der Waals surface area (Å²) in [4.78, 5) is 12.5. The molecule has 0 aliphatic carbocycles. The quantitative estimate of drug-likeness (QED) is 0.700. The number of nitrogens with one attached hydrogen (secondary N) is 3. The second-order valence-corrected chi connectivity index (χ2v) is 9.74. The number of carbonyl (C=O) groups is 1. The molecule has 1 fully saturated rings. The molecule has 1 aromatic rings. The van der Waals surface area contributed by atoms with E-state index in [0.717, 1.165) is 24.1 Å². The highest BCUT2D eigenvalue weighted by Crippen LogP contribution is 2.35. The second-order valence-electron chi connectivity index (χ2n) is 7.34. The Bertz CT molecular complexity index is 728. The molecule has 1 aromatic carbocycles. The van der Waals surface area contributed by atoms with Crippen LogP contribution in [0.5, 0.6) is 0 Å². The van der Waals surface area contributed by atoms with Gasteiger partial charge >= 0.3 is 6.03 Å². The Labute approximate surface area is 161 Å². The third-order valence-corrected chi connectivity index (χ3v) is 6.54. The van der Waals surface area contributed by atoms with Crippen LogP contribution in [0.2, 0.25) is 5.02 Å². The Kier molecular flexibility index (Phi) is 6.93. The molecule has 6 nitrogen and oxygen atoms in total. The zero-order valence-corrected chi connectivity index (χ0v) is 17.3. The van der Waals surface area contributed by atoms with E-state index in [-0.39, 0.29) is 11.8 Å². The standard InChI is InChI=1S/C18H28ClN3O3S/c1-11(2)15-8-13(19)9-16(12(3)4)17(15)21-18(23)22-26(24,25)14-6-5-7-20-10-14/h8-9,11-12,14,20H,5-7,10H2,1-4H3,(H2,21,22,23). The fraction of sp³-hybridized carbons (Fsp3) is 0.611. The maximum Gasteiger partial charge on any atom is 0.332 e. The van der Waals surface area contributed by atoms with Crippen molar-refractivity contribution in [2.75, 3.05) is 18.4 Å². The van der Waals surface area contributed by atoms with Crippen LogP contribution in [-0.4, -0.2) is 32.8 Å². The summed E-state index contributed by atoms with van der Waals surface area (Å²) in [7, 11) is -3.73. The van der Waals surface area contributed by atoms with Gasteiger partial charge in [0.15, 0.2) is 0 Å². The first-order valence-corrected chi connectivity index (χ1v) is 10.9. The molecule has 1 atom stereocenters. The Morgan fingerprint density at radius 1 is 1.19 bits per heavy atom. The summed E-state index contributed by atoms with van der Waals surface area (Å²) in [6.45, 7) is 9.18. The number of sulfonamides is 1. The lowest BCUT2D eigenvalue weighted by molar-refractivity contribution is 0.256. The fourth-order valence-electron chi connectivity index (χ4n) is 3.14. The molecule has 3 N–H and O–H groups in total. The van der Waals surface area contributed by atoms with Crippen LogP contribution in [0.3, 0.4) is 0 Å². The highest BCUT2D eigenvalue weighted by atomic mass is 35.5. The Hall–Kier alpha value is -1.31. The number of piperidine rings is 1. The number of anilines is 1. The van der Waals surface area contributed by atoms with E-state index in [4.69, 9.17) is 11.6 Å². The number of halogens is 1. The molecule has 0 aromatic heterocycles. The van der Waals surface area contributed by atoms with Crippen LogP contribution >= 0.6 is 11.6 Å². The molecular weight excluding hydrogens is 374 g/mol. The SMILES string of the molecule is CC(C)c1cc(Cl)cc(C(C)C)c1NC(=O)NS(=O)(=O)C1CCCNC1. The third kappa shape index (κ3) is 5.11. The van der Waals surface area contributed by atoms with Gasteiger partial charge in [-0.2, -0.15) is 0 Å². The van der Waals surface area contributed by atoms with Crippen LogP contribution in [-0.2, 0) is 10.0 Å². The predicted molar refractivity (Wildman–Crippen MR) is 107 cm³/mol. The van der Waals surface area contributed by atoms with E-state index < -0.39 is 21.3 Å². The van der Waals surface area contributed by atoms with E-state index in [2.05, 4.69) is 15.4 Å². The summed E-state index contributed by atoms with van der Waals surface area (Å²) in [6.07, 6.45) is 1.32. The smallest absolute Gasteiger partial charge is 0.315 e. The number of amides is 2. The summed E-state index contributed by atoms with van der Waals surface area (Å²) >= 11 is 6.22. The lowest BCUT2D eigenvalue weighted by Gasteiger charge is -2.24. The highest BCUT2D eigenvalue weighted by Gasteiger charge is 2.29. The lowest BCUT2D eigenvalue weighted by Crippen LogP contribution is -2.47. The van der Waals surface area contributed by atoms with Gasteiger partial charge in [0.05, 0.1) is 5.25 Å². The molecule has 0 bridgehead atoms. The molecule has 2 rings (SSSR count). The first-order chi connectivity index (χ1) is 12.1. The first-order valence-electron chi connectivity index (χ1n) is 8.98. The van der Waals surface area contributed by atoms with Crippen LogP contribution in [0, 0.1) is 0 Å². The van der Waals surface area contributed by atoms with Gasteiger partial charge in [-0.15, -0.1) is 0 Å². The van der Waals surface area contributed by atoms with Crippen molar-refractivity contribution in [1.29, 1.82) is 0 Å². The number of urea groups is 1. The van der Waals surface area contributed by atoms with Gasteiger partial charge in [-0.05, 0) is 54.5 Å². The van der Waals surface area contributed by atoms with E-state index in [1.807, 2.05) is 39.8 Å². The van der Waals surface area contributed by atoms with Crippen molar-refractivity contribution in [1.82, 2.24) is 10.0 Å². The molecule has 1 heterocycles. The van der Waals surface area contributed by atoms with Crippen molar-refractivity contribution >= 4 is 33.3 Å². The van der Waals surface area contributed by atoms with Crippen molar-refractivity contribution in [2.24, 2.45) is 0 Å². The molecule has 26 heavy (non-hydrogen) atoms. The average Bonchev–Trinajstić information content (AvgIpc) is 2.56. The normalized spacial score (nSPS) is 18.2. The summed E-state index contributed by atoms with van der Waals surface area (Å²) in [5, 5.41) is 5.81. The van der Waals surface area contributed by atoms with Crippen LogP contribution in [0.4, 0.5) is 10.5 Å². The fourth-order valence-corrected chi connectivity index (χ4v) is 4.67. The van der Waals surface area contributed by atoms with E-state index >= 15 is 0 Å². The van der Waals surface area contributed by atoms with Gasteiger partial charge in [0.1, 0.15) is 0 Å². The minimum absolute atomic E-state index is 0.126. The number of hydrogen-bond acceptors (Lipinski definition) is 4. The molecule has 0 spiro atoms. The molecule has 2 amide bonds. The van der Waals surface area contributed by atoms with E-state index in [1.54, 1.807) is 0 Å². The molecule has 1 unspecified atom stereocenters. The van der Waals surface area contributed by atoms with Gasteiger partial charge in [0.2, 0.25) is 10.0 Å². The number of hydrogen-bond donors (Lipinski definition) is 3. The monoisotopic (exact) mass is 401 g/mol. The van der Waals surface area contributed by atoms with Crippen LogP contribution < -0.4 is 15.4 Å². The van der Waals surface area contributed by atoms with Gasteiger partial charge in [-0.3, -0.25) is 0 Å². The van der Waals surface area contributed by atoms with E-state index in [9.17, 15) is 13.2 Å². The first kappa shape index (κ1) is 21.0. The van der Waals surface area contributed by atoms with E-state index in [0.29, 0.717) is 23.7 Å². The van der Waals surface area contributed by atoms with Gasteiger partial charge in [0, 0.05) is 17.3 Å². The average molecular weight is 402 g/mol. The summed E-state index contributed by atoms with van der Waals surface area (Å²) in [5.41, 5.74) is 2.40. The molecule has 1 aliphatic rings. The molecule has 0 saturated carbocycles. The third-order valence-electron chi connectivity index (χ3n) is 4.57. The lowest BCUT2D eigenvalue weighted by atomic mass is 9.92. The predicted octanol–water partition coefficient (Wildman–Crippen LogP) is 3.79. The minimum atomic E-state index is -3.73. The Balaban J connectivity index is 2.25. The zero-order chi connectivity index (χ0) is 19.5. The molecule has 1 aliphatic heterocycles. The van der Waals surface area contributed by atoms with Crippen molar-refractivity contribution in [3.63, 3.8) is 0 Å². The second kappa shape index (κ2) is 8.59. The maximum atomic E-state index is 12.5. The van der Waals surface area contributed by atoms with Gasteiger partial charge in [0.25, 0.3) is 0 Å². The van der Waals surface area contributed by atoms with Gasteiger partial charge in [-0.25, -0.2) is 17.9 Å². The number of benzene rings is 1. The molecular formula is C18H28ClN3O3S. The largest absolute Gasteiger partial charge is 0.332 e.